The van der Waals surface area contributed by atoms with E-state index in [1.807, 2.05) is 0 Å². The quantitative estimate of drug-likeness (QED) is 0.836. The van der Waals surface area contributed by atoms with Gasteiger partial charge in [0.1, 0.15) is 0 Å². The fraction of sp³-hybridized carbons (Fsp3) is 0.471. The van der Waals surface area contributed by atoms with Crippen molar-refractivity contribution in [2.24, 2.45) is 5.41 Å². The zero-order valence-electron chi connectivity index (χ0n) is 13.9. The summed E-state index contributed by atoms with van der Waals surface area (Å²) in [5, 5.41) is 11.9. The summed E-state index contributed by atoms with van der Waals surface area (Å²) in [4.78, 5) is 37.4. The van der Waals surface area contributed by atoms with Crippen LogP contribution in [0.5, 0.6) is 11.5 Å². The van der Waals surface area contributed by atoms with Crippen molar-refractivity contribution >= 4 is 17.8 Å². The summed E-state index contributed by atoms with van der Waals surface area (Å²) >= 11 is 0. The third-order valence-electron chi connectivity index (χ3n) is 4.60. The van der Waals surface area contributed by atoms with Crippen LogP contribution in [-0.4, -0.2) is 54.2 Å². The summed E-state index contributed by atoms with van der Waals surface area (Å²) in [6.45, 7) is 2.24. The number of likely N-dealkylation sites (tertiary alicyclic amines) is 1. The maximum Gasteiger partial charge on any atom is 0.311 e. The van der Waals surface area contributed by atoms with Crippen molar-refractivity contribution in [1.82, 2.24) is 10.2 Å². The lowest BCUT2D eigenvalue weighted by Gasteiger charge is -2.37. The second-order valence-electron chi connectivity index (χ2n) is 6.54. The SMILES string of the molecule is CC1(C(=O)O)CCCN(C(=O)CNC(=O)c2ccc3c(c2)OCO3)C1. The molecule has 8 heteroatoms. The van der Waals surface area contributed by atoms with E-state index in [2.05, 4.69) is 5.32 Å². The van der Waals surface area contributed by atoms with E-state index in [1.165, 1.54) is 4.90 Å². The second kappa shape index (κ2) is 6.62. The largest absolute Gasteiger partial charge is 0.481 e. The summed E-state index contributed by atoms with van der Waals surface area (Å²) < 4.78 is 10.4. The van der Waals surface area contributed by atoms with Crippen LogP contribution >= 0.6 is 0 Å². The van der Waals surface area contributed by atoms with Crippen LogP contribution in [0.3, 0.4) is 0 Å². The molecule has 1 fully saturated rings. The molecule has 2 amide bonds. The number of carbonyl (C=O) groups is 3. The Morgan fingerprint density at radius 3 is 2.80 bits per heavy atom. The number of amides is 2. The molecule has 2 N–H and O–H groups in total. The average molecular weight is 348 g/mol. The number of piperidine rings is 1. The number of carbonyl (C=O) groups excluding carboxylic acids is 2. The Morgan fingerprint density at radius 2 is 2.04 bits per heavy atom. The summed E-state index contributed by atoms with van der Waals surface area (Å²) in [6.07, 6.45) is 1.17. The molecule has 0 bridgehead atoms. The number of hydrogen-bond donors (Lipinski definition) is 2. The second-order valence-corrected chi connectivity index (χ2v) is 6.54. The predicted molar refractivity (Wildman–Crippen MR) is 86.5 cm³/mol. The van der Waals surface area contributed by atoms with Crippen LogP contribution in [0.1, 0.15) is 30.1 Å². The minimum Gasteiger partial charge on any atom is -0.481 e. The molecule has 0 radical (unpaired) electrons. The van der Waals surface area contributed by atoms with Gasteiger partial charge in [0.2, 0.25) is 12.7 Å². The highest BCUT2D eigenvalue weighted by Crippen LogP contribution is 2.32. The lowest BCUT2D eigenvalue weighted by molar-refractivity contribution is -0.153. The van der Waals surface area contributed by atoms with E-state index < -0.39 is 17.3 Å². The molecule has 0 spiro atoms. The number of hydrogen-bond acceptors (Lipinski definition) is 5. The predicted octanol–water partition coefficient (Wildman–Crippen LogP) is 0.858. The first-order valence-electron chi connectivity index (χ1n) is 8.08. The molecule has 0 aliphatic carbocycles. The number of nitrogens with zero attached hydrogens (tertiary/aromatic N) is 1. The van der Waals surface area contributed by atoms with Crippen LogP contribution in [-0.2, 0) is 9.59 Å². The summed E-state index contributed by atoms with van der Waals surface area (Å²) in [5.74, 6) is -0.526. The summed E-state index contributed by atoms with van der Waals surface area (Å²) in [5.41, 5.74) is -0.569. The molecule has 8 nitrogen and oxygen atoms in total. The summed E-state index contributed by atoms with van der Waals surface area (Å²) in [7, 11) is 0. The van der Waals surface area contributed by atoms with Crippen LogP contribution in [0.2, 0.25) is 0 Å². The monoisotopic (exact) mass is 348 g/mol. The smallest absolute Gasteiger partial charge is 0.311 e. The minimum absolute atomic E-state index is 0.121. The molecule has 1 aromatic rings. The molecule has 1 saturated heterocycles. The van der Waals surface area contributed by atoms with Gasteiger partial charge in [-0.1, -0.05) is 0 Å². The lowest BCUT2D eigenvalue weighted by Crippen LogP contribution is -2.50. The van der Waals surface area contributed by atoms with Gasteiger partial charge < -0.3 is 24.8 Å². The average Bonchev–Trinajstić information content (AvgIpc) is 3.07. The normalized spacial score (nSPS) is 21.7. The molecule has 25 heavy (non-hydrogen) atoms. The number of fused-ring (bicyclic) bond motifs is 1. The van der Waals surface area contributed by atoms with Gasteiger partial charge in [-0.3, -0.25) is 14.4 Å². The molecule has 2 heterocycles. The number of benzene rings is 1. The van der Waals surface area contributed by atoms with Crippen LogP contribution in [0.25, 0.3) is 0 Å². The Kier molecular flexibility index (Phi) is 4.52. The van der Waals surface area contributed by atoms with Gasteiger partial charge in [-0.15, -0.1) is 0 Å². The van der Waals surface area contributed by atoms with E-state index >= 15 is 0 Å². The van der Waals surface area contributed by atoms with Crippen molar-refractivity contribution in [3.05, 3.63) is 23.8 Å². The zero-order valence-corrected chi connectivity index (χ0v) is 13.9. The molecular weight excluding hydrogens is 328 g/mol. The van der Waals surface area contributed by atoms with E-state index in [4.69, 9.17) is 9.47 Å². The van der Waals surface area contributed by atoms with Gasteiger partial charge >= 0.3 is 5.97 Å². The maximum absolute atomic E-state index is 12.3. The van der Waals surface area contributed by atoms with E-state index in [0.717, 1.165) is 0 Å². The van der Waals surface area contributed by atoms with Gasteiger partial charge in [-0.2, -0.15) is 0 Å². The first kappa shape index (κ1) is 17.1. The molecule has 134 valence electrons. The van der Waals surface area contributed by atoms with Crippen molar-refractivity contribution in [2.45, 2.75) is 19.8 Å². The van der Waals surface area contributed by atoms with Crippen molar-refractivity contribution < 1.29 is 29.0 Å². The standard InChI is InChI=1S/C17H20N2O6/c1-17(16(22)23)5-2-6-19(9-17)14(20)8-18-15(21)11-3-4-12-13(7-11)25-10-24-12/h3-4,7H,2,5-6,8-10H2,1H3,(H,18,21)(H,22,23). The van der Waals surface area contributed by atoms with Gasteiger partial charge in [0.25, 0.3) is 5.91 Å². The van der Waals surface area contributed by atoms with Crippen LogP contribution in [0.4, 0.5) is 0 Å². The molecule has 2 aliphatic rings. The Morgan fingerprint density at radius 1 is 1.28 bits per heavy atom. The van der Waals surface area contributed by atoms with Gasteiger partial charge in [-0.05, 0) is 38.0 Å². The van der Waals surface area contributed by atoms with Gasteiger partial charge in [0, 0.05) is 18.7 Å². The third kappa shape index (κ3) is 3.52. The topological polar surface area (TPSA) is 105 Å². The van der Waals surface area contributed by atoms with Crippen molar-refractivity contribution in [1.29, 1.82) is 0 Å². The molecule has 3 rings (SSSR count). The Labute approximate surface area is 144 Å². The van der Waals surface area contributed by atoms with Crippen LogP contribution in [0, 0.1) is 5.41 Å². The number of nitrogens with one attached hydrogen (secondary N) is 1. The van der Waals surface area contributed by atoms with Crippen LogP contribution < -0.4 is 14.8 Å². The number of carboxylic acid groups (broad SMARTS) is 1. The lowest BCUT2D eigenvalue weighted by atomic mass is 9.82. The van der Waals surface area contributed by atoms with Gasteiger partial charge in [-0.25, -0.2) is 0 Å². The number of aliphatic carboxylic acids is 1. The number of carboxylic acids is 1. The van der Waals surface area contributed by atoms with Crippen LogP contribution in [0.15, 0.2) is 18.2 Å². The molecule has 1 aromatic carbocycles. The van der Waals surface area contributed by atoms with Crippen molar-refractivity contribution in [3.8, 4) is 11.5 Å². The Balaban J connectivity index is 1.57. The first-order chi connectivity index (χ1) is 11.9. The first-order valence-corrected chi connectivity index (χ1v) is 8.08. The highest BCUT2D eigenvalue weighted by atomic mass is 16.7. The highest BCUT2D eigenvalue weighted by molar-refractivity contribution is 5.97. The van der Waals surface area contributed by atoms with Crippen molar-refractivity contribution in [2.75, 3.05) is 26.4 Å². The fourth-order valence-electron chi connectivity index (χ4n) is 3.03. The Hall–Kier alpha value is -2.77. The number of ether oxygens (including phenoxy) is 2. The van der Waals surface area contributed by atoms with Gasteiger partial charge in [0.15, 0.2) is 11.5 Å². The minimum atomic E-state index is -0.935. The zero-order chi connectivity index (χ0) is 18.0. The van der Waals surface area contributed by atoms with E-state index in [1.54, 1.807) is 25.1 Å². The highest BCUT2D eigenvalue weighted by Gasteiger charge is 2.39. The molecule has 2 aliphatic heterocycles. The van der Waals surface area contributed by atoms with Gasteiger partial charge in [0.05, 0.1) is 12.0 Å². The summed E-state index contributed by atoms with van der Waals surface area (Å²) in [6, 6.07) is 4.79. The van der Waals surface area contributed by atoms with Crippen molar-refractivity contribution in [3.63, 3.8) is 0 Å². The molecule has 0 aromatic heterocycles. The van der Waals surface area contributed by atoms with E-state index in [9.17, 15) is 19.5 Å². The Bertz CT molecular complexity index is 719. The third-order valence-corrected chi connectivity index (χ3v) is 4.60. The van der Waals surface area contributed by atoms with E-state index in [-0.39, 0.29) is 25.8 Å². The molecular formula is C17H20N2O6. The fourth-order valence-corrected chi connectivity index (χ4v) is 3.03. The maximum atomic E-state index is 12.3. The van der Waals surface area contributed by atoms with E-state index in [0.29, 0.717) is 36.4 Å². The number of rotatable bonds is 4. The molecule has 0 saturated carbocycles. The molecule has 1 atom stereocenters. The molecule has 1 unspecified atom stereocenters.